The summed E-state index contributed by atoms with van der Waals surface area (Å²) in [7, 11) is 0. The average Bonchev–Trinajstić information content (AvgIpc) is 3.18. The number of aliphatic hydroxyl groups is 2. The average molecular weight is 440 g/mol. The van der Waals surface area contributed by atoms with Gasteiger partial charge in [0.25, 0.3) is 0 Å². The van der Waals surface area contributed by atoms with E-state index in [1.807, 2.05) is 12.1 Å². The summed E-state index contributed by atoms with van der Waals surface area (Å²) < 4.78 is 20.3. The van der Waals surface area contributed by atoms with Gasteiger partial charge in [0, 0.05) is 36.7 Å². The molecule has 32 heavy (non-hydrogen) atoms. The van der Waals surface area contributed by atoms with Gasteiger partial charge in [-0.15, -0.1) is 0 Å². The number of ether oxygens (including phenoxy) is 1. The molecule has 0 aromatic heterocycles. The van der Waals surface area contributed by atoms with Crippen LogP contribution in [-0.4, -0.2) is 58.3 Å². The molecule has 0 saturated heterocycles. The van der Waals surface area contributed by atoms with Crippen molar-refractivity contribution < 1.29 is 28.9 Å². The fourth-order valence-electron chi connectivity index (χ4n) is 4.43. The first-order valence-electron chi connectivity index (χ1n) is 10.5. The van der Waals surface area contributed by atoms with Crippen molar-refractivity contribution >= 4 is 11.8 Å². The molecule has 0 fully saturated rings. The zero-order chi connectivity index (χ0) is 22.8. The molecule has 4 rings (SSSR count). The van der Waals surface area contributed by atoms with Crippen LogP contribution in [0.15, 0.2) is 60.2 Å². The van der Waals surface area contributed by atoms with Gasteiger partial charge in [0.2, 0.25) is 11.8 Å². The first kappa shape index (κ1) is 22.0. The van der Waals surface area contributed by atoms with Crippen LogP contribution in [0.2, 0.25) is 0 Å². The Morgan fingerprint density at radius 3 is 2.59 bits per heavy atom. The van der Waals surface area contributed by atoms with E-state index in [1.54, 1.807) is 36.4 Å². The number of amides is 2. The van der Waals surface area contributed by atoms with Crippen molar-refractivity contribution in [1.29, 1.82) is 0 Å². The maximum absolute atomic E-state index is 14.3. The van der Waals surface area contributed by atoms with Crippen molar-refractivity contribution in [2.45, 2.75) is 37.6 Å². The van der Waals surface area contributed by atoms with Crippen LogP contribution in [0.1, 0.15) is 24.0 Å². The molecule has 2 aromatic rings. The Balaban J connectivity index is 1.75. The molecule has 4 atom stereocenters. The number of carbonyl (C=O) groups excluding carboxylic acids is 2. The third-order valence-electron chi connectivity index (χ3n) is 5.94. The molecule has 0 unspecified atom stereocenters. The number of halogens is 1. The van der Waals surface area contributed by atoms with Gasteiger partial charge in [0.05, 0.1) is 18.6 Å². The Morgan fingerprint density at radius 1 is 1.16 bits per heavy atom. The fourth-order valence-corrected chi connectivity index (χ4v) is 4.43. The van der Waals surface area contributed by atoms with Gasteiger partial charge in [0.1, 0.15) is 23.8 Å². The van der Waals surface area contributed by atoms with Crippen molar-refractivity contribution in [2.24, 2.45) is 0 Å². The molecule has 2 aromatic carbocycles. The molecule has 2 aliphatic rings. The van der Waals surface area contributed by atoms with E-state index in [1.165, 1.54) is 17.9 Å². The van der Waals surface area contributed by atoms with E-state index in [4.69, 9.17) is 9.84 Å². The minimum atomic E-state index is -1.14. The number of para-hydroxylation sites is 1. The number of aliphatic hydroxyl groups excluding tert-OH is 2. The van der Waals surface area contributed by atoms with Crippen molar-refractivity contribution in [1.82, 2.24) is 10.2 Å². The van der Waals surface area contributed by atoms with E-state index >= 15 is 0 Å². The van der Waals surface area contributed by atoms with Gasteiger partial charge in [-0.25, -0.2) is 4.39 Å². The van der Waals surface area contributed by atoms with Crippen LogP contribution in [0.25, 0.3) is 0 Å². The van der Waals surface area contributed by atoms with Gasteiger partial charge in [-0.05, 0) is 18.2 Å². The quantitative estimate of drug-likeness (QED) is 0.632. The summed E-state index contributed by atoms with van der Waals surface area (Å²) in [4.78, 5) is 26.9. The lowest BCUT2D eigenvalue weighted by atomic mass is 9.77. The van der Waals surface area contributed by atoms with Gasteiger partial charge in [-0.2, -0.15) is 0 Å². The van der Waals surface area contributed by atoms with Crippen LogP contribution >= 0.6 is 0 Å². The molecular weight excluding hydrogens is 415 g/mol. The third kappa shape index (κ3) is 3.99. The summed E-state index contributed by atoms with van der Waals surface area (Å²) in [6.45, 7) is 1.10. The zero-order valence-corrected chi connectivity index (χ0v) is 17.6. The van der Waals surface area contributed by atoms with Crippen LogP contribution in [0.3, 0.4) is 0 Å². The van der Waals surface area contributed by atoms with Gasteiger partial charge in [-0.3, -0.25) is 9.59 Å². The van der Waals surface area contributed by atoms with E-state index in [0.29, 0.717) is 16.9 Å². The molecule has 0 bridgehead atoms. The number of nitrogens with one attached hydrogen (secondary N) is 1. The normalized spacial score (nSPS) is 23.4. The highest BCUT2D eigenvalue weighted by Crippen LogP contribution is 2.47. The monoisotopic (exact) mass is 440 g/mol. The van der Waals surface area contributed by atoms with E-state index < -0.39 is 35.9 Å². The van der Waals surface area contributed by atoms with Crippen molar-refractivity contribution in [3.05, 3.63) is 77.1 Å². The lowest BCUT2D eigenvalue weighted by molar-refractivity contribution is -0.135. The second-order valence-corrected chi connectivity index (χ2v) is 7.92. The topological polar surface area (TPSA) is 99.1 Å². The molecule has 1 heterocycles. The fraction of sp³-hybridized carbons (Fsp3) is 0.333. The predicted molar refractivity (Wildman–Crippen MR) is 114 cm³/mol. The van der Waals surface area contributed by atoms with Crippen LogP contribution in [0.5, 0.6) is 5.75 Å². The Hall–Kier alpha value is -3.23. The van der Waals surface area contributed by atoms with Crippen LogP contribution < -0.4 is 10.1 Å². The van der Waals surface area contributed by atoms with Gasteiger partial charge in [0.15, 0.2) is 0 Å². The first-order valence-corrected chi connectivity index (χ1v) is 10.5. The molecule has 1 aliphatic heterocycles. The van der Waals surface area contributed by atoms with E-state index in [9.17, 15) is 19.1 Å². The highest BCUT2D eigenvalue weighted by atomic mass is 19.1. The van der Waals surface area contributed by atoms with E-state index in [0.717, 1.165) is 5.56 Å². The van der Waals surface area contributed by atoms with Crippen LogP contribution in [0.4, 0.5) is 4.39 Å². The zero-order valence-electron chi connectivity index (χ0n) is 17.6. The Bertz CT molecular complexity index is 1060. The highest BCUT2D eigenvalue weighted by Gasteiger charge is 2.50. The Morgan fingerprint density at radius 2 is 1.88 bits per heavy atom. The van der Waals surface area contributed by atoms with Gasteiger partial charge < -0.3 is 25.2 Å². The summed E-state index contributed by atoms with van der Waals surface area (Å²) in [5.74, 6) is -1.22. The second-order valence-electron chi connectivity index (χ2n) is 7.92. The second kappa shape index (κ2) is 9.10. The SMILES string of the molecule is CC(=O)N(Cc1ccccc1F)[C@@H]1C=C(C(=O)NCCO)[C@@H]2c3ccccc3O[C@@H]2[C@H]1O. The smallest absolute Gasteiger partial charge is 0.247 e. The van der Waals surface area contributed by atoms with Crippen molar-refractivity contribution in [3.63, 3.8) is 0 Å². The number of rotatable bonds is 6. The maximum atomic E-state index is 14.3. The minimum Gasteiger partial charge on any atom is -0.486 e. The van der Waals surface area contributed by atoms with Crippen LogP contribution in [0, 0.1) is 5.82 Å². The molecule has 2 amide bonds. The molecule has 3 N–H and O–H groups in total. The molecule has 1 aliphatic carbocycles. The van der Waals surface area contributed by atoms with Crippen molar-refractivity contribution in [2.75, 3.05) is 13.2 Å². The number of nitrogens with zero attached hydrogens (tertiary/aromatic N) is 1. The van der Waals surface area contributed by atoms with Gasteiger partial charge in [-0.1, -0.05) is 36.4 Å². The highest BCUT2D eigenvalue weighted by molar-refractivity contribution is 5.96. The number of hydrogen-bond acceptors (Lipinski definition) is 5. The summed E-state index contributed by atoms with van der Waals surface area (Å²) in [5.41, 5.74) is 1.40. The lowest BCUT2D eigenvalue weighted by Crippen LogP contribution is -2.55. The summed E-state index contributed by atoms with van der Waals surface area (Å²) in [6, 6.07) is 12.4. The number of hydrogen-bond donors (Lipinski definition) is 3. The maximum Gasteiger partial charge on any atom is 0.247 e. The Kier molecular flexibility index (Phi) is 6.25. The van der Waals surface area contributed by atoms with Crippen molar-refractivity contribution in [3.8, 4) is 5.75 Å². The third-order valence-corrected chi connectivity index (χ3v) is 5.94. The molecule has 0 saturated carbocycles. The first-order chi connectivity index (χ1) is 15.4. The molecular formula is C24H25FN2O5. The predicted octanol–water partition coefficient (Wildman–Crippen LogP) is 1.50. The minimum absolute atomic E-state index is 0.0644. The molecule has 0 spiro atoms. The molecule has 7 nitrogen and oxygen atoms in total. The summed E-state index contributed by atoms with van der Waals surface area (Å²) in [6.07, 6.45) is -0.371. The summed E-state index contributed by atoms with van der Waals surface area (Å²) >= 11 is 0. The van der Waals surface area contributed by atoms with Crippen LogP contribution in [-0.2, 0) is 16.1 Å². The molecule has 168 valence electrons. The summed E-state index contributed by atoms with van der Waals surface area (Å²) in [5, 5.41) is 23.0. The Labute approximate surface area is 185 Å². The standard InChI is InChI=1S/C24H25FN2O5/c1-14(29)27(13-15-6-2-4-8-18(15)25)19-12-17(24(31)26-10-11-28)21-16-7-3-5-9-20(16)32-23(21)22(19)30/h2-9,12,19,21-23,28,30H,10-11,13H2,1H3,(H,26,31)/t19-,21+,22+,23+/m1/s1. The molecule has 8 heteroatoms. The number of benzene rings is 2. The van der Waals surface area contributed by atoms with E-state index in [2.05, 4.69) is 5.32 Å². The largest absolute Gasteiger partial charge is 0.486 e. The molecule has 0 radical (unpaired) electrons. The lowest BCUT2D eigenvalue weighted by Gasteiger charge is -2.40. The number of fused-ring (bicyclic) bond motifs is 3. The van der Waals surface area contributed by atoms with Gasteiger partial charge >= 0.3 is 0 Å². The van der Waals surface area contributed by atoms with E-state index in [-0.39, 0.29) is 25.6 Å². The number of carbonyl (C=O) groups is 2.